The summed E-state index contributed by atoms with van der Waals surface area (Å²) >= 11 is 0. The van der Waals surface area contributed by atoms with E-state index >= 15 is 0 Å². The smallest absolute Gasteiger partial charge is 0.433 e. The van der Waals surface area contributed by atoms with Gasteiger partial charge in [-0.05, 0) is 40.7 Å². The molecule has 4 atom stereocenters. The van der Waals surface area contributed by atoms with E-state index in [1.807, 2.05) is 0 Å². The Balaban J connectivity index is 1.68. The molecule has 2 fully saturated rings. The lowest BCUT2D eigenvalue weighted by Gasteiger charge is -2.37. The fraction of sp³-hybridized carbons (Fsp3) is 0.737. The molecule has 0 spiro atoms. The first-order chi connectivity index (χ1) is 14.2. The summed E-state index contributed by atoms with van der Waals surface area (Å²) in [7, 11) is 0. The Labute approximate surface area is 178 Å². The minimum Gasteiger partial charge on any atom is -0.444 e. The van der Waals surface area contributed by atoms with E-state index in [4.69, 9.17) is 18.9 Å². The minimum absolute atomic E-state index is 0.0842. The molecule has 12 heteroatoms. The van der Waals surface area contributed by atoms with E-state index in [1.54, 1.807) is 34.6 Å². The monoisotopic (exact) mass is 448 g/mol. The van der Waals surface area contributed by atoms with Crippen LogP contribution in [0.5, 0.6) is 0 Å². The zero-order chi connectivity index (χ0) is 23.0. The first kappa shape index (κ1) is 23.5. The van der Waals surface area contributed by atoms with Crippen LogP contribution in [0.4, 0.5) is 23.9 Å². The Morgan fingerprint density at radius 1 is 1.26 bits per heavy atom. The summed E-state index contributed by atoms with van der Waals surface area (Å²) in [4.78, 5) is 19.3. The largest absolute Gasteiger partial charge is 0.444 e. The van der Waals surface area contributed by atoms with Crippen LogP contribution in [0, 0.1) is 0 Å². The molecule has 1 amide bonds. The van der Waals surface area contributed by atoms with Crippen LogP contribution in [0.15, 0.2) is 12.3 Å². The molecule has 0 aromatic carbocycles. The summed E-state index contributed by atoms with van der Waals surface area (Å²) < 4.78 is 61.8. The number of ether oxygens (including phenoxy) is 4. The van der Waals surface area contributed by atoms with Crippen LogP contribution < -0.4 is 10.6 Å². The van der Waals surface area contributed by atoms with Crippen molar-refractivity contribution in [2.24, 2.45) is 0 Å². The van der Waals surface area contributed by atoms with E-state index in [1.165, 1.54) is 0 Å². The Morgan fingerprint density at radius 2 is 1.94 bits per heavy atom. The van der Waals surface area contributed by atoms with Crippen molar-refractivity contribution in [1.29, 1.82) is 0 Å². The van der Waals surface area contributed by atoms with E-state index in [0.717, 1.165) is 12.3 Å². The van der Waals surface area contributed by atoms with Gasteiger partial charge in [-0.1, -0.05) is 0 Å². The van der Waals surface area contributed by atoms with Crippen molar-refractivity contribution in [1.82, 2.24) is 15.3 Å². The van der Waals surface area contributed by atoms with Gasteiger partial charge in [0.25, 0.3) is 0 Å². The van der Waals surface area contributed by atoms with Gasteiger partial charge in [0.15, 0.2) is 5.79 Å². The lowest BCUT2D eigenvalue weighted by molar-refractivity contribution is -0.153. The van der Waals surface area contributed by atoms with Crippen molar-refractivity contribution in [2.75, 3.05) is 18.5 Å². The van der Waals surface area contributed by atoms with E-state index < -0.39 is 53.7 Å². The number of rotatable bonds is 4. The highest BCUT2D eigenvalue weighted by molar-refractivity contribution is 5.67. The first-order valence-electron chi connectivity index (χ1n) is 9.84. The van der Waals surface area contributed by atoms with Gasteiger partial charge in [0.05, 0.1) is 12.6 Å². The predicted octanol–water partition coefficient (Wildman–Crippen LogP) is 2.72. The standard InChI is InChI=1S/C19H27F3N4O5/c1-17(2,3)31-16(27)24-8-11-14-13(29-18(4,5)30-14)10(9-28-11)25-15-23-7-6-12(26-15)19(20,21)22/h6-7,10-11,13-14H,8-9H2,1-5H3,(H,24,27)(H,23,25,26)/t10-,11+,13+,14-/m0/s1. The highest BCUT2D eigenvalue weighted by Crippen LogP contribution is 2.36. The number of halogens is 3. The molecule has 3 rings (SSSR count). The molecule has 31 heavy (non-hydrogen) atoms. The minimum atomic E-state index is -4.58. The summed E-state index contributed by atoms with van der Waals surface area (Å²) in [5, 5.41) is 5.50. The second-order valence-electron chi connectivity index (χ2n) is 8.83. The van der Waals surface area contributed by atoms with Gasteiger partial charge in [-0.2, -0.15) is 13.2 Å². The Bertz CT molecular complexity index is 799. The lowest BCUT2D eigenvalue weighted by atomic mass is 9.98. The summed E-state index contributed by atoms with van der Waals surface area (Å²) in [5.74, 6) is -1.14. The van der Waals surface area contributed by atoms with Crippen LogP contribution in [-0.4, -0.2) is 65.0 Å². The fourth-order valence-electron chi connectivity index (χ4n) is 3.38. The van der Waals surface area contributed by atoms with Gasteiger partial charge < -0.3 is 29.6 Å². The van der Waals surface area contributed by atoms with Crippen LogP contribution >= 0.6 is 0 Å². The average molecular weight is 448 g/mol. The maximum absolute atomic E-state index is 12.9. The molecule has 2 aliphatic heterocycles. The van der Waals surface area contributed by atoms with Gasteiger partial charge in [0, 0.05) is 12.7 Å². The number of aromatic nitrogens is 2. The number of hydrogen-bond acceptors (Lipinski definition) is 8. The number of fused-ring (bicyclic) bond motifs is 1. The van der Waals surface area contributed by atoms with Crippen molar-refractivity contribution >= 4 is 12.0 Å². The SMILES string of the molecule is CC(C)(C)OC(=O)NC[C@H]1OC[C@H](Nc2nccc(C(F)(F)F)n2)[C@H]2OC(C)(C)O[C@H]21. The molecule has 0 unspecified atom stereocenters. The van der Waals surface area contributed by atoms with Crippen molar-refractivity contribution in [2.45, 2.75) is 76.5 Å². The number of anilines is 1. The number of carbonyl (C=O) groups excluding carboxylic acids is 1. The van der Waals surface area contributed by atoms with Gasteiger partial charge in [0.1, 0.15) is 29.6 Å². The normalized spacial score (nSPS) is 28.0. The Morgan fingerprint density at radius 3 is 2.58 bits per heavy atom. The number of alkyl carbamates (subject to hydrolysis) is 1. The number of alkyl halides is 3. The molecule has 1 aromatic heterocycles. The van der Waals surface area contributed by atoms with Crippen molar-refractivity contribution in [3.8, 4) is 0 Å². The molecular formula is C19H27F3N4O5. The maximum atomic E-state index is 12.9. The summed E-state index contributed by atoms with van der Waals surface area (Å²) in [6.45, 7) is 8.90. The zero-order valence-corrected chi connectivity index (χ0v) is 17.9. The first-order valence-corrected chi connectivity index (χ1v) is 9.84. The van der Waals surface area contributed by atoms with Crippen LogP contribution in [0.1, 0.15) is 40.3 Å². The van der Waals surface area contributed by atoms with E-state index in [-0.39, 0.29) is 19.1 Å². The second-order valence-corrected chi connectivity index (χ2v) is 8.83. The Kier molecular flexibility index (Phi) is 6.36. The average Bonchev–Trinajstić information content (AvgIpc) is 2.95. The van der Waals surface area contributed by atoms with E-state index in [9.17, 15) is 18.0 Å². The molecule has 2 N–H and O–H groups in total. The number of carbonyl (C=O) groups is 1. The molecule has 0 bridgehead atoms. The van der Waals surface area contributed by atoms with Crippen molar-refractivity contribution < 1.29 is 36.9 Å². The lowest BCUT2D eigenvalue weighted by Crippen LogP contribution is -2.57. The quantitative estimate of drug-likeness (QED) is 0.725. The Hall–Kier alpha value is -2.18. The van der Waals surface area contributed by atoms with Crippen LogP contribution in [0.2, 0.25) is 0 Å². The van der Waals surface area contributed by atoms with Gasteiger partial charge in [0.2, 0.25) is 5.95 Å². The molecule has 0 radical (unpaired) electrons. The molecular weight excluding hydrogens is 421 g/mol. The second kappa shape index (κ2) is 8.40. The summed E-state index contributed by atoms with van der Waals surface area (Å²) in [6, 6.07) is 0.232. The molecule has 0 aliphatic carbocycles. The van der Waals surface area contributed by atoms with Gasteiger partial charge >= 0.3 is 12.3 Å². The molecule has 9 nitrogen and oxygen atoms in total. The van der Waals surface area contributed by atoms with Crippen LogP contribution in [0.25, 0.3) is 0 Å². The number of nitrogens with one attached hydrogen (secondary N) is 2. The highest BCUT2D eigenvalue weighted by atomic mass is 19.4. The van der Waals surface area contributed by atoms with Gasteiger partial charge in [-0.3, -0.25) is 0 Å². The van der Waals surface area contributed by atoms with E-state index in [0.29, 0.717) is 0 Å². The molecule has 1 aromatic rings. The number of nitrogens with zero attached hydrogens (tertiary/aromatic N) is 2. The van der Waals surface area contributed by atoms with Crippen molar-refractivity contribution in [3.63, 3.8) is 0 Å². The fourth-order valence-corrected chi connectivity index (χ4v) is 3.38. The van der Waals surface area contributed by atoms with Crippen LogP contribution in [0.3, 0.4) is 0 Å². The third-order valence-electron chi connectivity index (χ3n) is 4.52. The third kappa shape index (κ3) is 6.17. The van der Waals surface area contributed by atoms with E-state index in [2.05, 4.69) is 20.6 Å². The van der Waals surface area contributed by atoms with Gasteiger partial charge in [-0.25, -0.2) is 14.8 Å². The van der Waals surface area contributed by atoms with Crippen molar-refractivity contribution in [3.05, 3.63) is 18.0 Å². The summed E-state index contributed by atoms with van der Waals surface area (Å²) in [5.41, 5.74) is -1.70. The zero-order valence-electron chi connectivity index (χ0n) is 17.9. The van der Waals surface area contributed by atoms with Crippen LogP contribution in [-0.2, 0) is 25.1 Å². The predicted molar refractivity (Wildman–Crippen MR) is 102 cm³/mol. The molecule has 3 heterocycles. The molecule has 174 valence electrons. The third-order valence-corrected chi connectivity index (χ3v) is 4.52. The topological polar surface area (TPSA) is 104 Å². The number of hydrogen-bond donors (Lipinski definition) is 2. The molecule has 2 saturated heterocycles. The molecule has 2 aliphatic rings. The highest BCUT2D eigenvalue weighted by Gasteiger charge is 2.52. The maximum Gasteiger partial charge on any atom is 0.433 e. The molecule has 0 saturated carbocycles. The van der Waals surface area contributed by atoms with Gasteiger partial charge in [-0.15, -0.1) is 0 Å². The number of amides is 1. The summed E-state index contributed by atoms with van der Waals surface area (Å²) in [6.07, 6.45) is -5.83.